The molecule has 1 aliphatic carbocycles. The molecule has 2 heteroatoms. The number of fused-ring (bicyclic) bond motifs is 1. The fourth-order valence-electron chi connectivity index (χ4n) is 2.39. The van der Waals surface area contributed by atoms with Crippen LogP contribution in [0.2, 0.25) is 0 Å². The monoisotopic (exact) mass is 192 g/mol. The summed E-state index contributed by atoms with van der Waals surface area (Å²) < 4.78 is 5.30. The summed E-state index contributed by atoms with van der Waals surface area (Å²) in [6.07, 6.45) is 6.79. The second kappa shape index (κ2) is 3.60. The molecule has 1 heterocycles. The maximum absolute atomic E-state index is 11.1. The number of hydrogen-bond acceptors (Lipinski definition) is 2. The Morgan fingerprint density at radius 1 is 1.64 bits per heavy atom. The fraction of sp³-hybridized carbons (Fsp3) is 0.583. The van der Waals surface area contributed by atoms with Gasteiger partial charge >= 0.3 is 5.97 Å². The van der Waals surface area contributed by atoms with E-state index in [1.165, 1.54) is 5.57 Å². The Balaban J connectivity index is 2.15. The molecule has 2 rings (SSSR count). The van der Waals surface area contributed by atoms with Crippen LogP contribution in [0.4, 0.5) is 0 Å². The van der Waals surface area contributed by atoms with E-state index in [-0.39, 0.29) is 12.1 Å². The molecule has 2 aliphatic rings. The standard InChI is InChI=1S/C12H16O2/c1-3-9-4-5-10-7-12(13)14-11(10)6-8(9)2/h3-4,8,10-11H,1,5-7H2,2H3/t8-,10+,11-/m0/s1. The average Bonchev–Trinajstić information content (AvgIpc) is 2.40. The number of hydrogen-bond donors (Lipinski definition) is 0. The van der Waals surface area contributed by atoms with Crippen molar-refractivity contribution < 1.29 is 9.53 Å². The van der Waals surface area contributed by atoms with Gasteiger partial charge in [0.2, 0.25) is 0 Å². The number of carbonyl (C=O) groups is 1. The van der Waals surface area contributed by atoms with Crippen molar-refractivity contribution in [2.24, 2.45) is 11.8 Å². The summed E-state index contributed by atoms with van der Waals surface area (Å²) in [5, 5.41) is 0. The molecular formula is C12H16O2. The van der Waals surface area contributed by atoms with Gasteiger partial charge in [-0.1, -0.05) is 25.7 Å². The van der Waals surface area contributed by atoms with E-state index in [9.17, 15) is 4.79 Å². The van der Waals surface area contributed by atoms with Crippen molar-refractivity contribution >= 4 is 5.97 Å². The Morgan fingerprint density at radius 3 is 3.14 bits per heavy atom. The molecule has 14 heavy (non-hydrogen) atoms. The third-order valence-corrected chi connectivity index (χ3v) is 3.28. The maximum Gasteiger partial charge on any atom is 0.306 e. The first kappa shape index (κ1) is 9.50. The Morgan fingerprint density at radius 2 is 2.43 bits per heavy atom. The molecular weight excluding hydrogens is 176 g/mol. The van der Waals surface area contributed by atoms with Crippen LogP contribution in [0.25, 0.3) is 0 Å². The first-order valence-electron chi connectivity index (χ1n) is 5.22. The Hall–Kier alpha value is -1.05. The number of ether oxygens (including phenoxy) is 1. The van der Waals surface area contributed by atoms with Gasteiger partial charge in [-0.05, 0) is 24.3 Å². The average molecular weight is 192 g/mol. The molecule has 0 bridgehead atoms. The van der Waals surface area contributed by atoms with Crippen LogP contribution in [0.1, 0.15) is 26.2 Å². The van der Waals surface area contributed by atoms with E-state index in [1.54, 1.807) is 0 Å². The summed E-state index contributed by atoms with van der Waals surface area (Å²) in [6.45, 7) is 5.98. The quantitative estimate of drug-likeness (QED) is 0.596. The number of carbonyl (C=O) groups excluding carboxylic acids is 1. The van der Waals surface area contributed by atoms with Gasteiger partial charge in [-0.3, -0.25) is 4.79 Å². The zero-order chi connectivity index (χ0) is 10.1. The zero-order valence-corrected chi connectivity index (χ0v) is 8.53. The largest absolute Gasteiger partial charge is 0.462 e. The van der Waals surface area contributed by atoms with Crippen molar-refractivity contribution in [3.8, 4) is 0 Å². The summed E-state index contributed by atoms with van der Waals surface area (Å²) >= 11 is 0. The molecule has 2 nitrogen and oxygen atoms in total. The lowest BCUT2D eigenvalue weighted by molar-refractivity contribution is -0.141. The molecule has 0 spiro atoms. The van der Waals surface area contributed by atoms with Gasteiger partial charge in [0.1, 0.15) is 6.10 Å². The summed E-state index contributed by atoms with van der Waals surface area (Å²) in [4.78, 5) is 11.1. The Bertz CT molecular complexity index is 291. The number of allylic oxidation sites excluding steroid dienone is 3. The minimum Gasteiger partial charge on any atom is -0.462 e. The SMILES string of the molecule is C=CC1=CC[C@@H]2CC(=O)O[C@H]2C[C@@H]1C. The van der Waals surface area contributed by atoms with Gasteiger partial charge in [0.05, 0.1) is 6.42 Å². The molecule has 1 fully saturated rings. The van der Waals surface area contributed by atoms with E-state index in [0.29, 0.717) is 18.3 Å². The molecule has 3 atom stereocenters. The molecule has 76 valence electrons. The maximum atomic E-state index is 11.1. The minimum atomic E-state index is -0.0253. The van der Waals surface area contributed by atoms with Crippen molar-refractivity contribution in [2.45, 2.75) is 32.3 Å². The van der Waals surface area contributed by atoms with Crippen LogP contribution in [0.3, 0.4) is 0 Å². The Kier molecular flexibility index (Phi) is 2.44. The first-order chi connectivity index (χ1) is 6.70. The van der Waals surface area contributed by atoms with Gasteiger partial charge in [-0.15, -0.1) is 0 Å². The molecule has 0 radical (unpaired) electrons. The topological polar surface area (TPSA) is 26.3 Å². The summed E-state index contributed by atoms with van der Waals surface area (Å²) in [5.41, 5.74) is 1.30. The summed E-state index contributed by atoms with van der Waals surface area (Å²) in [6, 6.07) is 0. The lowest BCUT2D eigenvalue weighted by atomic mass is 9.93. The van der Waals surface area contributed by atoms with Gasteiger partial charge in [0.25, 0.3) is 0 Å². The molecule has 0 amide bonds. The Labute approximate surface area is 84.6 Å². The van der Waals surface area contributed by atoms with Crippen molar-refractivity contribution in [3.63, 3.8) is 0 Å². The molecule has 0 aromatic carbocycles. The van der Waals surface area contributed by atoms with E-state index < -0.39 is 0 Å². The highest BCUT2D eigenvalue weighted by Crippen LogP contribution is 2.35. The second-order valence-corrected chi connectivity index (χ2v) is 4.27. The van der Waals surface area contributed by atoms with Crippen LogP contribution in [-0.2, 0) is 9.53 Å². The van der Waals surface area contributed by atoms with Gasteiger partial charge in [0.15, 0.2) is 0 Å². The van der Waals surface area contributed by atoms with Crippen molar-refractivity contribution in [2.75, 3.05) is 0 Å². The zero-order valence-electron chi connectivity index (χ0n) is 8.53. The van der Waals surface area contributed by atoms with E-state index in [1.807, 2.05) is 6.08 Å². The van der Waals surface area contributed by atoms with E-state index >= 15 is 0 Å². The van der Waals surface area contributed by atoms with Crippen LogP contribution in [-0.4, -0.2) is 12.1 Å². The predicted molar refractivity (Wildman–Crippen MR) is 54.7 cm³/mol. The second-order valence-electron chi connectivity index (χ2n) is 4.27. The third kappa shape index (κ3) is 1.61. The van der Waals surface area contributed by atoms with E-state index in [0.717, 1.165) is 12.8 Å². The molecule has 0 unspecified atom stereocenters. The highest BCUT2D eigenvalue weighted by atomic mass is 16.5. The minimum absolute atomic E-state index is 0.0253. The third-order valence-electron chi connectivity index (χ3n) is 3.28. The highest BCUT2D eigenvalue weighted by Gasteiger charge is 2.36. The molecule has 0 saturated carbocycles. The number of esters is 1. The van der Waals surface area contributed by atoms with Crippen LogP contribution < -0.4 is 0 Å². The van der Waals surface area contributed by atoms with Crippen LogP contribution >= 0.6 is 0 Å². The highest BCUT2D eigenvalue weighted by molar-refractivity contribution is 5.72. The van der Waals surface area contributed by atoms with Crippen LogP contribution in [0, 0.1) is 11.8 Å². The molecule has 0 aromatic rings. The van der Waals surface area contributed by atoms with Gasteiger partial charge in [-0.25, -0.2) is 0 Å². The van der Waals surface area contributed by atoms with E-state index in [2.05, 4.69) is 19.6 Å². The van der Waals surface area contributed by atoms with Crippen molar-refractivity contribution in [3.05, 3.63) is 24.3 Å². The van der Waals surface area contributed by atoms with Crippen LogP contribution in [0.15, 0.2) is 24.3 Å². The normalized spacial score (nSPS) is 36.8. The summed E-state index contributed by atoms with van der Waals surface area (Å²) in [5.74, 6) is 0.846. The number of rotatable bonds is 1. The molecule has 1 aliphatic heterocycles. The predicted octanol–water partition coefficient (Wildman–Crippen LogP) is 2.46. The lowest BCUT2D eigenvalue weighted by Crippen LogP contribution is -2.17. The van der Waals surface area contributed by atoms with Gasteiger partial charge in [0, 0.05) is 5.92 Å². The molecule has 1 saturated heterocycles. The molecule has 0 aromatic heterocycles. The van der Waals surface area contributed by atoms with Crippen molar-refractivity contribution in [1.82, 2.24) is 0 Å². The van der Waals surface area contributed by atoms with E-state index in [4.69, 9.17) is 4.74 Å². The fourth-order valence-corrected chi connectivity index (χ4v) is 2.39. The molecule has 0 N–H and O–H groups in total. The summed E-state index contributed by atoms with van der Waals surface area (Å²) in [7, 11) is 0. The van der Waals surface area contributed by atoms with Crippen LogP contribution in [0.5, 0.6) is 0 Å². The van der Waals surface area contributed by atoms with Crippen molar-refractivity contribution in [1.29, 1.82) is 0 Å². The lowest BCUT2D eigenvalue weighted by Gasteiger charge is -2.16. The van der Waals surface area contributed by atoms with Gasteiger partial charge in [-0.2, -0.15) is 0 Å². The first-order valence-corrected chi connectivity index (χ1v) is 5.22. The smallest absolute Gasteiger partial charge is 0.306 e. The van der Waals surface area contributed by atoms with Gasteiger partial charge < -0.3 is 4.74 Å².